The van der Waals surface area contributed by atoms with E-state index < -0.39 is 17.3 Å². The molecule has 0 bridgehead atoms. The van der Waals surface area contributed by atoms with Gasteiger partial charge in [-0.3, -0.25) is 9.48 Å². The quantitative estimate of drug-likeness (QED) is 0.236. The Hall–Kier alpha value is -4.89. The fraction of sp³-hybridized carbons (Fsp3) is 0.233. The van der Waals surface area contributed by atoms with Crippen LogP contribution in [-0.2, 0) is 11.7 Å². The van der Waals surface area contributed by atoms with Gasteiger partial charge in [0.15, 0.2) is 5.65 Å². The standard InChI is InChI=1S/C30H24ClF3N8O/c31-23-8-10-24(11-9-23)37-28-38-26-3-1-2-25(42(26)39-28)21-18-36-41(19-21)29(12-15-35)13-16-40(17-14-29)27(43)20-4-6-22(7-5-20)30(32,33)34/h1-11,18-19H,12-14,16-17H2,(H,37,39). The number of hydrogen-bond donors (Lipinski definition) is 1. The zero-order chi connectivity index (χ0) is 30.2. The van der Waals surface area contributed by atoms with E-state index in [2.05, 4.69) is 26.6 Å². The SMILES string of the molecule is N#CCC1(n2cc(-c3cccc4nc(Nc5ccc(Cl)cc5)nn34)cn2)CCN(C(=O)c2ccc(C(F)(F)F)cc2)CC1. The lowest BCUT2D eigenvalue weighted by molar-refractivity contribution is -0.137. The molecule has 0 aliphatic carbocycles. The predicted octanol–water partition coefficient (Wildman–Crippen LogP) is 6.55. The van der Waals surface area contributed by atoms with E-state index in [1.165, 1.54) is 12.1 Å². The van der Waals surface area contributed by atoms with E-state index in [1.807, 2.05) is 36.5 Å². The molecule has 0 atom stereocenters. The maximum atomic E-state index is 13.0. The highest BCUT2D eigenvalue weighted by Crippen LogP contribution is 2.35. The van der Waals surface area contributed by atoms with Gasteiger partial charge in [-0.05, 0) is 73.5 Å². The molecule has 1 saturated heterocycles. The van der Waals surface area contributed by atoms with Gasteiger partial charge >= 0.3 is 6.18 Å². The zero-order valence-electron chi connectivity index (χ0n) is 22.6. The van der Waals surface area contributed by atoms with Crippen molar-refractivity contribution in [3.05, 3.63) is 95.3 Å². The fourth-order valence-electron chi connectivity index (χ4n) is 5.30. The minimum absolute atomic E-state index is 0.180. The Morgan fingerprint density at radius 2 is 1.77 bits per heavy atom. The fourth-order valence-corrected chi connectivity index (χ4v) is 5.42. The van der Waals surface area contributed by atoms with Crippen LogP contribution in [0.5, 0.6) is 0 Å². The largest absolute Gasteiger partial charge is 0.416 e. The van der Waals surface area contributed by atoms with Gasteiger partial charge in [0.05, 0.1) is 35.5 Å². The maximum absolute atomic E-state index is 13.0. The summed E-state index contributed by atoms with van der Waals surface area (Å²) < 4.78 is 42.3. The number of fused-ring (bicyclic) bond motifs is 1. The number of carbonyl (C=O) groups excluding carboxylic acids is 1. The number of pyridine rings is 1. The van der Waals surface area contributed by atoms with E-state index >= 15 is 0 Å². The number of piperidine rings is 1. The molecule has 13 heteroatoms. The number of benzene rings is 2. The number of halogens is 4. The monoisotopic (exact) mass is 604 g/mol. The van der Waals surface area contributed by atoms with Gasteiger partial charge in [-0.25, -0.2) is 4.52 Å². The van der Waals surface area contributed by atoms with Crippen molar-refractivity contribution in [2.24, 2.45) is 0 Å². The van der Waals surface area contributed by atoms with Gasteiger partial charge in [0.1, 0.15) is 0 Å². The first-order chi connectivity index (χ1) is 20.6. The lowest BCUT2D eigenvalue weighted by Crippen LogP contribution is -2.48. The second-order valence-corrected chi connectivity index (χ2v) is 10.8. The topological polar surface area (TPSA) is 104 Å². The molecule has 0 saturated carbocycles. The van der Waals surface area contributed by atoms with Crippen LogP contribution in [0.2, 0.25) is 5.02 Å². The van der Waals surface area contributed by atoms with Crippen LogP contribution in [0.4, 0.5) is 24.8 Å². The number of nitriles is 1. The van der Waals surface area contributed by atoms with Crippen molar-refractivity contribution in [3.63, 3.8) is 0 Å². The summed E-state index contributed by atoms with van der Waals surface area (Å²) in [6.07, 6.45) is 0.198. The van der Waals surface area contributed by atoms with Gasteiger partial charge in [0.2, 0.25) is 5.95 Å². The molecular formula is C30H24ClF3N8O. The Labute approximate surface area is 249 Å². The van der Waals surface area contributed by atoms with Gasteiger partial charge in [-0.1, -0.05) is 17.7 Å². The molecule has 5 aromatic rings. The summed E-state index contributed by atoms with van der Waals surface area (Å²) in [6.45, 7) is 0.657. The van der Waals surface area contributed by atoms with E-state index in [0.29, 0.717) is 42.5 Å². The summed E-state index contributed by atoms with van der Waals surface area (Å²) in [5.74, 6) is 0.0644. The van der Waals surface area contributed by atoms with E-state index in [4.69, 9.17) is 11.6 Å². The predicted molar refractivity (Wildman–Crippen MR) is 154 cm³/mol. The molecule has 1 amide bonds. The summed E-state index contributed by atoms with van der Waals surface area (Å²) in [5.41, 5.74) is 1.67. The van der Waals surface area contributed by atoms with Crippen LogP contribution in [0.15, 0.2) is 79.1 Å². The molecule has 43 heavy (non-hydrogen) atoms. The van der Waals surface area contributed by atoms with E-state index in [-0.39, 0.29) is 17.9 Å². The molecule has 0 unspecified atom stereocenters. The van der Waals surface area contributed by atoms with E-state index in [9.17, 15) is 23.2 Å². The van der Waals surface area contributed by atoms with Crippen LogP contribution in [-0.4, -0.2) is 48.3 Å². The Morgan fingerprint density at radius 3 is 2.44 bits per heavy atom. The smallest absolute Gasteiger partial charge is 0.338 e. The van der Waals surface area contributed by atoms with Crippen LogP contribution in [0.25, 0.3) is 16.9 Å². The second kappa shape index (κ2) is 11.1. The first-order valence-electron chi connectivity index (χ1n) is 13.4. The number of nitrogens with zero attached hydrogens (tertiary/aromatic N) is 7. The van der Waals surface area contributed by atoms with Gasteiger partial charge in [-0.2, -0.15) is 28.5 Å². The van der Waals surface area contributed by atoms with Gasteiger partial charge < -0.3 is 10.2 Å². The summed E-state index contributed by atoms with van der Waals surface area (Å²) in [6, 6.07) is 19.3. The Bertz CT molecular complexity index is 1820. The lowest BCUT2D eigenvalue weighted by Gasteiger charge is -2.40. The highest BCUT2D eigenvalue weighted by Gasteiger charge is 2.39. The number of carbonyl (C=O) groups is 1. The molecule has 218 valence electrons. The number of nitrogens with one attached hydrogen (secondary N) is 1. The first-order valence-corrected chi connectivity index (χ1v) is 13.8. The number of anilines is 2. The normalized spacial score (nSPS) is 14.9. The van der Waals surface area contributed by atoms with E-state index in [1.54, 1.807) is 32.4 Å². The summed E-state index contributed by atoms with van der Waals surface area (Å²) >= 11 is 5.98. The van der Waals surface area contributed by atoms with Gasteiger partial charge in [-0.15, -0.1) is 5.10 Å². The third-order valence-electron chi connectivity index (χ3n) is 7.67. The minimum Gasteiger partial charge on any atom is -0.338 e. The van der Waals surface area contributed by atoms with Crippen molar-refractivity contribution in [2.45, 2.75) is 31.0 Å². The van der Waals surface area contributed by atoms with Crippen LogP contribution >= 0.6 is 11.6 Å². The number of rotatable bonds is 6. The number of aromatic nitrogens is 5. The number of likely N-dealkylation sites (tertiary alicyclic amines) is 1. The molecule has 1 fully saturated rings. The van der Waals surface area contributed by atoms with E-state index in [0.717, 1.165) is 29.1 Å². The Kier molecular flexibility index (Phi) is 7.27. The van der Waals surface area contributed by atoms with Crippen molar-refractivity contribution in [1.82, 2.24) is 29.3 Å². The molecule has 6 rings (SSSR count). The van der Waals surface area contributed by atoms with Crippen molar-refractivity contribution >= 4 is 34.8 Å². The zero-order valence-corrected chi connectivity index (χ0v) is 23.3. The number of amides is 1. The molecule has 0 spiro atoms. The average Bonchev–Trinajstić information content (AvgIpc) is 3.66. The third kappa shape index (κ3) is 5.63. The number of hydrogen-bond acceptors (Lipinski definition) is 6. The van der Waals surface area contributed by atoms with Crippen molar-refractivity contribution in [1.29, 1.82) is 5.26 Å². The van der Waals surface area contributed by atoms with Crippen molar-refractivity contribution in [2.75, 3.05) is 18.4 Å². The number of alkyl halides is 3. The van der Waals surface area contributed by atoms with Crippen LogP contribution in [0.1, 0.15) is 35.2 Å². The van der Waals surface area contributed by atoms with Crippen molar-refractivity contribution < 1.29 is 18.0 Å². The molecule has 1 aliphatic rings. The highest BCUT2D eigenvalue weighted by molar-refractivity contribution is 6.30. The average molecular weight is 605 g/mol. The summed E-state index contributed by atoms with van der Waals surface area (Å²) in [5, 5.41) is 22.7. The molecule has 3 aromatic heterocycles. The van der Waals surface area contributed by atoms with Gasteiger partial charge in [0.25, 0.3) is 5.91 Å². The molecular weight excluding hydrogens is 581 g/mol. The Morgan fingerprint density at radius 1 is 1.05 bits per heavy atom. The van der Waals surface area contributed by atoms with Crippen molar-refractivity contribution in [3.8, 4) is 17.3 Å². The Balaban J connectivity index is 1.21. The third-order valence-corrected chi connectivity index (χ3v) is 7.93. The minimum atomic E-state index is -4.47. The molecule has 9 nitrogen and oxygen atoms in total. The second-order valence-electron chi connectivity index (χ2n) is 10.3. The van der Waals surface area contributed by atoms with Gasteiger partial charge in [0, 0.05) is 41.1 Å². The van der Waals surface area contributed by atoms with Crippen LogP contribution < -0.4 is 5.32 Å². The lowest BCUT2D eigenvalue weighted by atomic mass is 9.84. The molecule has 4 heterocycles. The summed E-state index contributed by atoms with van der Waals surface area (Å²) in [4.78, 5) is 19.2. The molecule has 1 N–H and O–H groups in total. The summed E-state index contributed by atoms with van der Waals surface area (Å²) in [7, 11) is 0. The highest BCUT2D eigenvalue weighted by atomic mass is 35.5. The van der Waals surface area contributed by atoms with Crippen LogP contribution in [0, 0.1) is 11.3 Å². The maximum Gasteiger partial charge on any atom is 0.416 e. The first kappa shape index (κ1) is 28.2. The molecule has 2 aromatic carbocycles. The van der Waals surface area contributed by atoms with Crippen LogP contribution in [0.3, 0.4) is 0 Å². The molecule has 0 radical (unpaired) electrons. The molecule has 1 aliphatic heterocycles.